The highest BCUT2D eigenvalue weighted by Gasteiger charge is 2.26. The minimum Gasteiger partial charge on any atom is -0.476 e. The highest BCUT2D eigenvalue weighted by Crippen LogP contribution is 2.30. The molecule has 1 fully saturated rings. The molecule has 2 unspecified atom stereocenters. The van der Waals surface area contributed by atoms with E-state index in [2.05, 4.69) is 17.2 Å². The lowest BCUT2D eigenvalue weighted by Gasteiger charge is -2.19. The summed E-state index contributed by atoms with van der Waals surface area (Å²) >= 11 is 3.21. The molecule has 2 atom stereocenters. The van der Waals surface area contributed by atoms with Gasteiger partial charge in [-0.15, -0.1) is 11.3 Å². The standard InChI is InChI=1S/C12H18N2O2S2/c1-2-17-10-5-3-4-9(10)13-6-8-7-18-11(14-8)12(15)16/h7,9-10,13H,2-6H2,1H3,(H,15,16). The van der Waals surface area contributed by atoms with Crippen LogP contribution in [0.5, 0.6) is 0 Å². The van der Waals surface area contributed by atoms with Gasteiger partial charge in [0.1, 0.15) is 0 Å². The first-order valence-corrected chi connectivity index (χ1v) is 8.16. The van der Waals surface area contributed by atoms with E-state index in [-0.39, 0.29) is 5.01 Å². The SMILES string of the molecule is CCSC1CCCC1NCc1csc(C(=O)O)n1. The van der Waals surface area contributed by atoms with E-state index < -0.39 is 5.97 Å². The molecule has 0 aliphatic heterocycles. The number of aromatic carboxylic acids is 1. The van der Waals surface area contributed by atoms with Gasteiger partial charge in [-0.05, 0) is 18.6 Å². The summed E-state index contributed by atoms with van der Waals surface area (Å²) in [6.45, 7) is 2.87. The van der Waals surface area contributed by atoms with Crippen LogP contribution in [0.4, 0.5) is 0 Å². The fourth-order valence-electron chi connectivity index (χ4n) is 2.30. The summed E-state index contributed by atoms with van der Waals surface area (Å²) < 4.78 is 0. The molecular weight excluding hydrogens is 268 g/mol. The number of carboxylic acid groups (broad SMARTS) is 1. The minimum absolute atomic E-state index is 0.178. The number of nitrogens with one attached hydrogen (secondary N) is 1. The maximum atomic E-state index is 10.7. The van der Waals surface area contributed by atoms with Gasteiger partial charge in [-0.1, -0.05) is 13.3 Å². The Hall–Kier alpha value is -0.590. The van der Waals surface area contributed by atoms with Crippen LogP contribution in [0.15, 0.2) is 5.38 Å². The fourth-order valence-corrected chi connectivity index (χ4v) is 4.18. The summed E-state index contributed by atoms with van der Waals surface area (Å²) in [7, 11) is 0. The molecule has 2 N–H and O–H groups in total. The molecule has 0 amide bonds. The van der Waals surface area contributed by atoms with Crippen LogP contribution < -0.4 is 5.32 Å². The predicted octanol–water partition coefficient (Wildman–Crippen LogP) is 2.61. The van der Waals surface area contributed by atoms with E-state index in [1.165, 1.54) is 30.6 Å². The molecule has 0 aromatic carbocycles. The lowest BCUT2D eigenvalue weighted by Crippen LogP contribution is -2.33. The van der Waals surface area contributed by atoms with Crippen LogP contribution >= 0.6 is 23.1 Å². The Kier molecular flexibility index (Phi) is 5.03. The molecule has 1 aromatic heterocycles. The first-order chi connectivity index (χ1) is 8.70. The number of carbonyl (C=O) groups is 1. The van der Waals surface area contributed by atoms with Gasteiger partial charge in [-0.25, -0.2) is 9.78 Å². The molecule has 1 aromatic rings. The lowest BCUT2D eigenvalue weighted by molar-refractivity contribution is 0.0696. The van der Waals surface area contributed by atoms with Gasteiger partial charge >= 0.3 is 5.97 Å². The van der Waals surface area contributed by atoms with Crippen molar-refractivity contribution < 1.29 is 9.90 Å². The number of thioether (sulfide) groups is 1. The summed E-state index contributed by atoms with van der Waals surface area (Å²) in [5, 5.41) is 15.0. The van der Waals surface area contributed by atoms with Gasteiger partial charge in [0.15, 0.2) is 0 Å². The maximum Gasteiger partial charge on any atom is 0.365 e. The van der Waals surface area contributed by atoms with Crippen molar-refractivity contribution in [2.45, 2.75) is 44.0 Å². The third kappa shape index (κ3) is 3.46. The Balaban J connectivity index is 1.84. The Morgan fingerprint density at radius 1 is 1.67 bits per heavy atom. The van der Waals surface area contributed by atoms with Crippen molar-refractivity contribution in [3.8, 4) is 0 Å². The van der Waals surface area contributed by atoms with Gasteiger partial charge in [0.05, 0.1) is 5.69 Å². The van der Waals surface area contributed by atoms with E-state index in [0.29, 0.717) is 17.8 Å². The number of hydrogen-bond donors (Lipinski definition) is 2. The molecule has 0 bridgehead atoms. The number of hydrogen-bond acceptors (Lipinski definition) is 5. The van der Waals surface area contributed by atoms with Crippen molar-refractivity contribution >= 4 is 29.1 Å². The van der Waals surface area contributed by atoms with E-state index in [0.717, 1.165) is 11.4 Å². The Labute approximate surface area is 115 Å². The molecule has 1 saturated carbocycles. The molecule has 4 nitrogen and oxygen atoms in total. The molecule has 0 radical (unpaired) electrons. The van der Waals surface area contributed by atoms with Gasteiger partial charge in [-0.3, -0.25) is 0 Å². The molecule has 1 heterocycles. The molecule has 18 heavy (non-hydrogen) atoms. The second-order valence-corrected chi connectivity index (χ2v) is 6.74. The van der Waals surface area contributed by atoms with Crippen LogP contribution in [0, 0.1) is 0 Å². The zero-order valence-corrected chi connectivity index (χ0v) is 12.0. The van der Waals surface area contributed by atoms with E-state index >= 15 is 0 Å². The Morgan fingerprint density at radius 3 is 3.17 bits per heavy atom. The molecule has 100 valence electrons. The quantitative estimate of drug-likeness (QED) is 0.841. The monoisotopic (exact) mass is 286 g/mol. The smallest absolute Gasteiger partial charge is 0.365 e. The van der Waals surface area contributed by atoms with Crippen LogP contribution in [0.2, 0.25) is 0 Å². The molecule has 1 aliphatic carbocycles. The lowest BCUT2D eigenvalue weighted by atomic mass is 10.2. The van der Waals surface area contributed by atoms with Crippen LogP contribution in [0.25, 0.3) is 0 Å². The molecule has 6 heteroatoms. The Morgan fingerprint density at radius 2 is 2.50 bits per heavy atom. The molecule has 2 rings (SSSR count). The summed E-state index contributed by atoms with van der Waals surface area (Å²) in [5.74, 6) is 0.217. The fraction of sp³-hybridized carbons (Fsp3) is 0.667. The van der Waals surface area contributed by atoms with Crippen molar-refractivity contribution in [2.24, 2.45) is 0 Å². The molecule has 1 aliphatic rings. The number of rotatable bonds is 6. The summed E-state index contributed by atoms with van der Waals surface area (Å²) in [5.41, 5.74) is 0.838. The van der Waals surface area contributed by atoms with Gasteiger partial charge in [0, 0.05) is 23.2 Å². The van der Waals surface area contributed by atoms with E-state index in [4.69, 9.17) is 5.11 Å². The van der Waals surface area contributed by atoms with Gasteiger partial charge in [0.2, 0.25) is 5.01 Å². The third-order valence-electron chi connectivity index (χ3n) is 3.11. The molecular formula is C12H18N2O2S2. The predicted molar refractivity (Wildman–Crippen MR) is 75.5 cm³/mol. The van der Waals surface area contributed by atoms with Crippen molar-refractivity contribution in [1.82, 2.24) is 10.3 Å². The zero-order chi connectivity index (χ0) is 13.0. The van der Waals surface area contributed by atoms with E-state index in [1.54, 1.807) is 0 Å². The number of carboxylic acids is 1. The van der Waals surface area contributed by atoms with Gasteiger partial charge < -0.3 is 10.4 Å². The average molecular weight is 286 g/mol. The van der Waals surface area contributed by atoms with Crippen LogP contribution in [0.3, 0.4) is 0 Å². The molecule has 0 saturated heterocycles. The number of thiazole rings is 1. The molecule has 0 spiro atoms. The first kappa shape index (κ1) is 13.8. The third-order valence-corrected chi connectivity index (χ3v) is 5.32. The Bertz CT molecular complexity index is 409. The van der Waals surface area contributed by atoms with E-state index in [1.807, 2.05) is 17.1 Å². The van der Waals surface area contributed by atoms with Crippen molar-refractivity contribution in [2.75, 3.05) is 5.75 Å². The second-order valence-electron chi connectivity index (χ2n) is 4.36. The average Bonchev–Trinajstić information content (AvgIpc) is 2.95. The van der Waals surface area contributed by atoms with Crippen molar-refractivity contribution in [3.05, 3.63) is 16.1 Å². The van der Waals surface area contributed by atoms with Crippen molar-refractivity contribution in [1.29, 1.82) is 0 Å². The van der Waals surface area contributed by atoms with Crippen LogP contribution in [-0.2, 0) is 6.54 Å². The second kappa shape index (κ2) is 6.54. The van der Waals surface area contributed by atoms with E-state index in [9.17, 15) is 4.79 Å². The van der Waals surface area contributed by atoms with Crippen LogP contribution in [-0.4, -0.2) is 33.1 Å². The summed E-state index contributed by atoms with van der Waals surface area (Å²) in [6.07, 6.45) is 3.79. The normalized spacial score (nSPS) is 23.4. The minimum atomic E-state index is -0.938. The van der Waals surface area contributed by atoms with Crippen LogP contribution in [0.1, 0.15) is 41.7 Å². The number of aromatic nitrogens is 1. The first-order valence-electron chi connectivity index (χ1n) is 6.23. The topological polar surface area (TPSA) is 62.2 Å². The van der Waals surface area contributed by atoms with Gasteiger partial charge in [-0.2, -0.15) is 11.8 Å². The van der Waals surface area contributed by atoms with Gasteiger partial charge in [0.25, 0.3) is 0 Å². The summed E-state index contributed by atoms with van der Waals surface area (Å²) in [6, 6.07) is 0.546. The zero-order valence-electron chi connectivity index (χ0n) is 10.4. The highest BCUT2D eigenvalue weighted by molar-refractivity contribution is 7.99. The maximum absolute atomic E-state index is 10.7. The number of nitrogens with zero attached hydrogens (tertiary/aromatic N) is 1. The summed E-state index contributed by atoms with van der Waals surface area (Å²) in [4.78, 5) is 14.8. The van der Waals surface area contributed by atoms with Crippen molar-refractivity contribution in [3.63, 3.8) is 0 Å². The largest absolute Gasteiger partial charge is 0.476 e. The highest BCUT2D eigenvalue weighted by atomic mass is 32.2.